The molecule has 0 unspecified atom stereocenters. The van der Waals surface area contributed by atoms with Crippen LogP contribution >= 0.6 is 0 Å². The highest BCUT2D eigenvalue weighted by Crippen LogP contribution is 2.32. The molecular weight excluding hydrogens is 316 g/mol. The minimum Gasteiger partial charge on any atom is -0.445 e. The van der Waals surface area contributed by atoms with Gasteiger partial charge in [0.25, 0.3) is 0 Å². The van der Waals surface area contributed by atoms with E-state index >= 15 is 0 Å². The van der Waals surface area contributed by atoms with E-state index < -0.39 is 6.09 Å². The number of nitrogens with one attached hydrogen (secondary N) is 1. The quantitative estimate of drug-likeness (QED) is 0.583. The van der Waals surface area contributed by atoms with Crippen LogP contribution in [0, 0.1) is 5.92 Å². The Hall–Kier alpha value is -2.56. The summed E-state index contributed by atoms with van der Waals surface area (Å²) >= 11 is 0. The molecule has 0 aromatic heterocycles. The van der Waals surface area contributed by atoms with Gasteiger partial charge in [0.05, 0.1) is 5.92 Å². The number of carbonyl (C=O) groups excluding carboxylic acids is 2. The van der Waals surface area contributed by atoms with E-state index in [0.717, 1.165) is 12.0 Å². The predicted octanol–water partition coefficient (Wildman–Crippen LogP) is 3.28. The third-order valence-electron chi connectivity index (χ3n) is 4.42. The molecule has 5 nitrogen and oxygen atoms in total. The minimum atomic E-state index is -0.504. The van der Waals surface area contributed by atoms with Gasteiger partial charge in [-0.25, -0.2) is 4.79 Å². The lowest BCUT2D eigenvalue weighted by atomic mass is 9.80. The van der Waals surface area contributed by atoms with Gasteiger partial charge in [-0.3, -0.25) is 4.79 Å². The van der Waals surface area contributed by atoms with Gasteiger partial charge in [-0.15, -0.1) is 6.58 Å². The molecule has 1 aliphatic heterocycles. The van der Waals surface area contributed by atoms with Crippen molar-refractivity contribution in [3.8, 4) is 0 Å². The van der Waals surface area contributed by atoms with Crippen LogP contribution in [0.15, 0.2) is 55.1 Å². The summed E-state index contributed by atoms with van der Waals surface area (Å²) < 4.78 is 5.24. The Morgan fingerprint density at radius 1 is 1.40 bits per heavy atom. The van der Waals surface area contributed by atoms with Crippen LogP contribution < -0.4 is 5.32 Å². The van der Waals surface area contributed by atoms with Crippen LogP contribution in [-0.2, 0) is 16.1 Å². The predicted molar refractivity (Wildman–Crippen MR) is 97.8 cm³/mol. The molecule has 2 rings (SSSR count). The summed E-state index contributed by atoms with van der Waals surface area (Å²) in [6.07, 6.45) is 6.00. The number of amides is 2. The first-order valence-electron chi connectivity index (χ1n) is 8.58. The van der Waals surface area contributed by atoms with Crippen LogP contribution in [0.3, 0.4) is 0 Å². The Labute approximate surface area is 149 Å². The molecule has 2 amide bonds. The lowest BCUT2D eigenvalue weighted by Crippen LogP contribution is -2.66. The van der Waals surface area contributed by atoms with Crippen molar-refractivity contribution >= 4 is 12.0 Å². The van der Waals surface area contributed by atoms with Crippen molar-refractivity contribution < 1.29 is 14.3 Å². The molecule has 0 bridgehead atoms. The molecule has 1 aromatic carbocycles. The number of rotatable bonds is 8. The normalized spacial score (nSPS) is 20.9. The second-order valence-electron chi connectivity index (χ2n) is 6.17. The van der Waals surface area contributed by atoms with Crippen LogP contribution in [0.2, 0.25) is 0 Å². The standard InChI is InChI=1S/C20H26N2O3/c1-4-6-12-17-18(19(23)22(17)13-5-2)15(3)21-20(24)25-14-16-10-8-7-9-11-16/h4-11,15,17-18H,2,12-14H2,1,3H3,(H,21,24)/b6-4+/t15-,17-,18-/m0/s1. The Kier molecular flexibility index (Phi) is 6.81. The summed E-state index contributed by atoms with van der Waals surface area (Å²) in [5.74, 6) is -0.189. The molecule has 0 saturated carbocycles. The maximum atomic E-state index is 12.4. The maximum Gasteiger partial charge on any atom is 0.407 e. The molecule has 1 fully saturated rings. The second-order valence-corrected chi connectivity index (χ2v) is 6.17. The number of allylic oxidation sites excluding steroid dienone is 1. The van der Waals surface area contributed by atoms with Gasteiger partial charge in [0.1, 0.15) is 6.61 Å². The fraction of sp³-hybridized carbons (Fsp3) is 0.400. The van der Waals surface area contributed by atoms with E-state index in [0.29, 0.717) is 6.54 Å². The average molecular weight is 342 g/mol. The van der Waals surface area contributed by atoms with E-state index in [1.807, 2.05) is 56.3 Å². The van der Waals surface area contributed by atoms with Gasteiger partial charge in [0.2, 0.25) is 5.91 Å². The number of alkyl carbamates (subject to hydrolysis) is 1. The molecule has 1 aromatic rings. The molecular formula is C20H26N2O3. The Bertz CT molecular complexity index is 627. The van der Waals surface area contributed by atoms with Crippen molar-refractivity contribution in [2.45, 2.75) is 39.0 Å². The number of likely N-dealkylation sites (tertiary alicyclic amines) is 1. The summed E-state index contributed by atoms with van der Waals surface area (Å²) in [6, 6.07) is 9.28. The van der Waals surface area contributed by atoms with Gasteiger partial charge in [-0.1, -0.05) is 48.6 Å². The zero-order valence-electron chi connectivity index (χ0n) is 14.9. The first-order valence-corrected chi connectivity index (χ1v) is 8.58. The maximum absolute atomic E-state index is 12.4. The third-order valence-corrected chi connectivity index (χ3v) is 4.42. The summed E-state index contributed by atoms with van der Waals surface area (Å²) in [5.41, 5.74) is 0.924. The van der Waals surface area contributed by atoms with Crippen molar-refractivity contribution in [3.63, 3.8) is 0 Å². The highest BCUT2D eigenvalue weighted by Gasteiger charge is 2.48. The van der Waals surface area contributed by atoms with Gasteiger partial charge in [-0.2, -0.15) is 0 Å². The van der Waals surface area contributed by atoms with Crippen LogP contribution in [0.4, 0.5) is 4.79 Å². The molecule has 1 N–H and O–H groups in total. The summed E-state index contributed by atoms with van der Waals surface area (Å²) in [7, 11) is 0. The number of hydrogen-bond donors (Lipinski definition) is 1. The van der Waals surface area contributed by atoms with Crippen LogP contribution in [0.25, 0.3) is 0 Å². The van der Waals surface area contributed by atoms with Crippen molar-refractivity contribution in [2.75, 3.05) is 6.54 Å². The molecule has 0 radical (unpaired) electrons. The van der Waals surface area contributed by atoms with Gasteiger partial charge < -0.3 is 15.0 Å². The minimum absolute atomic E-state index is 0.0465. The molecule has 1 saturated heterocycles. The molecule has 1 heterocycles. The van der Waals surface area contributed by atoms with Crippen molar-refractivity contribution in [1.82, 2.24) is 10.2 Å². The number of ether oxygens (including phenoxy) is 1. The monoisotopic (exact) mass is 342 g/mol. The van der Waals surface area contributed by atoms with E-state index in [-0.39, 0.29) is 30.5 Å². The van der Waals surface area contributed by atoms with Crippen LogP contribution in [0.5, 0.6) is 0 Å². The molecule has 5 heteroatoms. The van der Waals surface area contributed by atoms with Crippen molar-refractivity contribution in [1.29, 1.82) is 0 Å². The summed E-state index contributed by atoms with van der Waals surface area (Å²) in [4.78, 5) is 26.2. The SMILES string of the molecule is C=CCN1C(=O)[C@@H]([C@H](C)NC(=O)OCc2ccccc2)[C@@H]1C/C=C/C. The van der Waals surface area contributed by atoms with E-state index in [2.05, 4.69) is 11.9 Å². The highest BCUT2D eigenvalue weighted by atomic mass is 16.5. The fourth-order valence-electron chi connectivity index (χ4n) is 3.13. The largest absolute Gasteiger partial charge is 0.445 e. The molecule has 25 heavy (non-hydrogen) atoms. The van der Waals surface area contributed by atoms with Gasteiger partial charge in [0.15, 0.2) is 0 Å². The zero-order valence-corrected chi connectivity index (χ0v) is 14.9. The fourth-order valence-corrected chi connectivity index (χ4v) is 3.13. The number of benzene rings is 1. The van der Waals surface area contributed by atoms with E-state index in [9.17, 15) is 9.59 Å². The summed E-state index contributed by atoms with van der Waals surface area (Å²) in [5, 5.41) is 2.79. The zero-order chi connectivity index (χ0) is 18.2. The number of hydrogen-bond acceptors (Lipinski definition) is 3. The number of nitrogens with zero attached hydrogens (tertiary/aromatic N) is 1. The second kappa shape index (κ2) is 9.06. The van der Waals surface area contributed by atoms with E-state index in [1.54, 1.807) is 11.0 Å². The molecule has 3 atom stereocenters. The molecule has 1 aliphatic rings. The Balaban J connectivity index is 1.89. The molecule has 134 valence electrons. The lowest BCUT2D eigenvalue weighted by Gasteiger charge is -2.49. The van der Waals surface area contributed by atoms with Crippen molar-refractivity contribution in [2.24, 2.45) is 5.92 Å². The summed E-state index contributed by atoms with van der Waals surface area (Å²) in [6.45, 7) is 8.24. The molecule has 0 spiro atoms. The first-order chi connectivity index (χ1) is 12.1. The van der Waals surface area contributed by atoms with Crippen LogP contribution in [-0.4, -0.2) is 35.5 Å². The topological polar surface area (TPSA) is 58.6 Å². The smallest absolute Gasteiger partial charge is 0.407 e. The Morgan fingerprint density at radius 2 is 2.12 bits per heavy atom. The third kappa shape index (κ3) is 4.72. The number of carbonyl (C=O) groups is 2. The van der Waals surface area contributed by atoms with Gasteiger partial charge in [-0.05, 0) is 25.8 Å². The molecule has 0 aliphatic carbocycles. The van der Waals surface area contributed by atoms with Gasteiger partial charge in [0, 0.05) is 18.6 Å². The van der Waals surface area contributed by atoms with Crippen LogP contribution in [0.1, 0.15) is 25.8 Å². The van der Waals surface area contributed by atoms with Gasteiger partial charge >= 0.3 is 6.09 Å². The highest BCUT2D eigenvalue weighted by molar-refractivity contribution is 5.87. The van der Waals surface area contributed by atoms with E-state index in [4.69, 9.17) is 4.74 Å². The van der Waals surface area contributed by atoms with E-state index in [1.165, 1.54) is 0 Å². The lowest BCUT2D eigenvalue weighted by molar-refractivity contribution is -0.156. The van der Waals surface area contributed by atoms with Crippen molar-refractivity contribution in [3.05, 3.63) is 60.7 Å². The average Bonchev–Trinajstić information content (AvgIpc) is 2.61. The number of β-lactam (4-membered cyclic amide) rings is 1. The first kappa shape index (κ1) is 18.8. The Morgan fingerprint density at radius 3 is 2.76 bits per heavy atom.